The molecular weight excluding hydrogens is 399 g/mol. The first-order valence-corrected chi connectivity index (χ1v) is 9.86. The summed E-state index contributed by atoms with van der Waals surface area (Å²) in [4.78, 5) is 19.2. The first-order valence-electron chi connectivity index (χ1n) is 9.86. The first-order chi connectivity index (χ1) is 12.8. The van der Waals surface area contributed by atoms with Gasteiger partial charge in [0.05, 0.1) is 12.2 Å². The van der Waals surface area contributed by atoms with Crippen molar-refractivity contribution >= 4 is 30.7 Å². The SMILES string of the molecule is Cl.Cl.O=C1CC(Cn2ccnc2-c2cc3n(n2)CCNC3)CN1C1CCCC1. The lowest BCUT2D eigenvalue weighted by molar-refractivity contribution is -0.129. The van der Waals surface area contributed by atoms with E-state index in [1.807, 2.05) is 12.4 Å². The van der Waals surface area contributed by atoms with Crippen LogP contribution in [0.3, 0.4) is 0 Å². The van der Waals surface area contributed by atoms with Crippen molar-refractivity contribution in [3.05, 3.63) is 24.2 Å². The van der Waals surface area contributed by atoms with Gasteiger partial charge < -0.3 is 14.8 Å². The Hall–Kier alpha value is -1.57. The van der Waals surface area contributed by atoms with Gasteiger partial charge in [0.15, 0.2) is 5.82 Å². The molecule has 4 heterocycles. The van der Waals surface area contributed by atoms with Crippen molar-refractivity contribution in [3.63, 3.8) is 0 Å². The number of amides is 1. The zero-order chi connectivity index (χ0) is 17.5. The van der Waals surface area contributed by atoms with Gasteiger partial charge in [-0.05, 0) is 18.9 Å². The molecule has 1 aliphatic carbocycles. The van der Waals surface area contributed by atoms with Crippen molar-refractivity contribution in [2.24, 2.45) is 5.92 Å². The molecule has 0 spiro atoms. The van der Waals surface area contributed by atoms with E-state index in [9.17, 15) is 4.79 Å². The summed E-state index contributed by atoms with van der Waals surface area (Å²) in [5.74, 6) is 1.63. The lowest BCUT2D eigenvalue weighted by Crippen LogP contribution is -2.34. The highest BCUT2D eigenvalue weighted by molar-refractivity contribution is 5.85. The minimum Gasteiger partial charge on any atom is -0.339 e. The van der Waals surface area contributed by atoms with Crippen LogP contribution in [0.2, 0.25) is 0 Å². The Morgan fingerprint density at radius 3 is 2.82 bits per heavy atom. The Balaban J connectivity index is 0.00000112. The topological polar surface area (TPSA) is 68.0 Å². The molecule has 1 saturated heterocycles. The predicted molar refractivity (Wildman–Crippen MR) is 112 cm³/mol. The Morgan fingerprint density at radius 1 is 1.21 bits per heavy atom. The Kier molecular flexibility index (Phi) is 6.68. The molecule has 1 atom stereocenters. The minimum atomic E-state index is 0. The molecule has 0 radical (unpaired) electrons. The Morgan fingerprint density at radius 2 is 2.04 bits per heavy atom. The molecule has 1 N–H and O–H groups in total. The van der Waals surface area contributed by atoms with Crippen LogP contribution in [0.15, 0.2) is 18.5 Å². The lowest BCUT2D eigenvalue weighted by atomic mass is 10.1. The number of carbonyl (C=O) groups is 1. The lowest BCUT2D eigenvalue weighted by Gasteiger charge is -2.24. The number of hydrogen-bond acceptors (Lipinski definition) is 4. The molecule has 1 saturated carbocycles. The van der Waals surface area contributed by atoms with Gasteiger partial charge in [-0.2, -0.15) is 5.10 Å². The summed E-state index contributed by atoms with van der Waals surface area (Å²) < 4.78 is 4.25. The number of rotatable bonds is 4. The summed E-state index contributed by atoms with van der Waals surface area (Å²) in [6.45, 7) is 4.46. The van der Waals surface area contributed by atoms with E-state index in [4.69, 9.17) is 5.10 Å². The number of aromatic nitrogens is 4. The largest absolute Gasteiger partial charge is 0.339 e. The van der Waals surface area contributed by atoms with Gasteiger partial charge in [-0.25, -0.2) is 4.98 Å². The van der Waals surface area contributed by atoms with Crippen LogP contribution >= 0.6 is 24.8 Å². The fourth-order valence-corrected chi connectivity index (χ4v) is 4.77. The zero-order valence-electron chi connectivity index (χ0n) is 15.9. The van der Waals surface area contributed by atoms with Crippen molar-refractivity contribution < 1.29 is 4.79 Å². The Bertz CT molecular complexity index is 790. The smallest absolute Gasteiger partial charge is 0.223 e. The fraction of sp³-hybridized carbons (Fsp3) is 0.632. The van der Waals surface area contributed by atoms with Gasteiger partial charge in [-0.15, -0.1) is 24.8 Å². The number of halogens is 2. The maximum absolute atomic E-state index is 12.5. The van der Waals surface area contributed by atoms with Gasteiger partial charge in [-0.3, -0.25) is 9.48 Å². The van der Waals surface area contributed by atoms with Crippen molar-refractivity contribution in [3.8, 4) is 11.5 Å². The van der Waals surface area contributed by atoms with E-state index in [2.05, 4.69) is 30.5 Å². The average molecular weight is 427 g/mol. The van der Waals surface area contributed by atoms with E-state index >= 15 is 0 Å². The number of nitrogens with one attached hydrogen (secondary N) is 1. The molecule has 2 aromatic rings. The van der Waals surface area contributed by atoms with Crippen LogP contribution in [0.1, 0.15) is 37.8 Å². The quantitative estimate of drug-likeness (QED) is 0.814. The maximum atomic E-state index is 12.5. The summed E-state index contributed by atoms with van der Waals surface area (Å²) in [5, 5.41) is 8.12. The molecule has 2 aliphatic heterocycles. The molecule has 5 rings (SSSR count). The summed E-state index contributed by atoms with van der Waals surface area (Å²) >= 11 is 0. The highest BCUT2D eigenvalue weighted by Crippen LogP contribution is 2.30. The molecule has 28 heavy (non-hydrogen) atoms. The molecule has 7 nitrogen and oxygen atoms in total. The first kappa shape index (κ1) is 21.1. The average Bonchev–Trinajstić information content (AvgIpc) is 3.41. The van der Waals surface area contributed by atoms with Gasteiger partial charge in [0, 0.05) is 57.0 Å². The number of fused-ring (bicyclic) bond motifs is 1. The molecular formula is C19H28Cl2N6O. The van der Waals surface area contributed by atoms with Gasteiger partial charge in [-0.1, -0.05) is 12.8 Å². The summed E-state index contributed by atoms with van der Waals surface area (Å²) in [7, 11) is 0. The highest BCUT2D eigenvalue weighted by Gasteiger charge is 2.35. The third-order valence-electron chi connectivity index (χ3n) is 6.07. The molecule has 1 unspecified atom stereocenters. The molecule has 0 aromatic carbocycles. The fourth-order valence-electron chi connectivity index (χ4n) is 4.77. The summed E-state index contributed by atoms with van der Waals surface area (Å²) in [6, 6.07) is 2.62. The maximum Gasteiger partial charge on any atom is 0.223 e. The van der Waals surface area contributed by atoms with E-state index in [1.54, 1.807) is 0 Å². The number of nitrogens with zero attached hydrogens (tertiary/aromatic N) is 5. The van der Waals surface area contributed by atoms with Crippen molar-refractivity contribution in [1.29, 1.82) is 0 Å². The van der Waals surface area contributed by atoms with Crippen molar-refractivity contribution in [1.82, 2.24) is 29.5 Å². The number of likely N-dealkylation sites (tertiary alicyclic amines) is 1. The van der Waals surface area contributed by atoms with Gasteiger partial charge >= 0.3 is 0 Å². The second kappa shape index (κ2) is 8.84. The monoisotopic (exact) mass is 426 g/mol. The van der Waals surface area contributed by atoms with E-state index in [0.717, 1.165) is 44.2 Å². The third-order valence-corrected chi connectivity index (χ3v) is 6.07. The van der Waals surface area contributed by atoms with Crippen LogP contribution in [0.25, 0.3) is 11.5 Å². The number of hydrogen-bond donors (Lipinski definition) is 1. The Labute approximate surface area is 177 Å². The number of carbonyl (C=O) groups excluding carboxylic acids is 1. The van der Waals surface area contributed by atoms with Crippen LogP contribution in [0, 0.1) is 5.92 Å². The second-order valence-electron chi connectivity index (χ2n) is 7.88. The van der Waals surface area contributed by atoms with Crippen LogP contribution < -0.4 is 5.32 Å². The summed E-state index contributed by atoms with van der Waals surface area (Å²) in [5.41, 5.74) is 2.15. The van der Waals surface area contributed by atoms with Crippen molar-refractivity contribution in [2.45, 2.75) is 57.8 Å². The molecule has 9 heteroatoms. The van der Waals surface area contributed by atoms with Crippen LogP contribution in [0.4, 0.5) is 0 Å². The summed E-state index contributed by atoms with van der Waals surface area (Å²) in [6.07, 6.45) is 9.44. The third kappa shape index (κ3) is 3.93. The number of imidazole rings is 1. The van der Waals surface area contributed by atoms with E-state index < -0.39 is 0 Å². The van der Waals surface area contributed by atoms with E-state index in [-0.39, 0.29) is 24.8 Å². The van der Waals surface area contributed by atoms with Crippen LogP contribution in [-0.2, 0) is 24.4 Å². The molecule has 1 amide bonds. The van der Waals surface area contributed by atoms with E-state index in [0.29, 0.717) is 24.3 Å². The molecule has 3 aliphatic rings. The second-order valence-corrected chi connectivity index (χ2v) is 7.88. The predicted octanol–water partition coefficient (Wildman–Crippen LogP) is 2.48. The zero-order valence-corrected chi connectivity index (χ0v) is 17.6. The van der Waals surface area contributed by atoms with Gasteiger partial charge in [0.1, 0.15) is 5.69 Å². The van der Waals surface area contributed by atoms with Gasteiger partial charge in [0.2, 0.25) is 5.91 Å². The van der Waals surface area contributed by atoms with Crippen LogP contribution in [-0.4, -0.2) is 49.3 Å². The van der Waals surface area contributed by atoms with Crippen LogP contribution in [0.5, 0.6) is 0 Å². The molecule has 154 valence electrons. The molecule has 2 aromatic heterocycles. The van der Waals surface area contributed by atoms with Crippen molar-refractivity contribution in [2.75, 3.05) is 13.1 Å². The minimum absolute atomic E-state index is 0. The normalized spacial score (nSPS) is 22.1. The standard InChI is InChI=1S/C19H26N6O.2ClH/c26-18-9-14(13-24(18)15-3-1-2-4-15)12-23-7-6-21-19(23)17-10-16-11-20-5-8-25(16)22-17;;/h6-7,10,14-15,20H,1-5,8-9,11-13H2;2*1H. The molecule has 2 fully saturated rings. The molecule has 0 bridgehead atoms. The van der Waals surface area contributed by atoms with E-state index in [1.165, 1.54) is 31.4 Å². The van der Waals surface area contributed by atoms with Gasteiger partial charge in [0.25, 0.3) is 0 Å². The highest BCUT2D eigenvalue weighted by atomic mass is 35.5.